The molecule has 2 saturated carbocycles. The summed E-state index contributed by atoms with van der Waals surface area (Å²) in [6, 6.07) is 9.80. The number of nitrogens with one attached hydrogen (secondary N) is 1. The number of aliphatic hydroxyl groups is 1. The van der Waals surface area contributed by atoms with E-state index in [4.69, 9.17) is 0 Å². The van der Waals surface area contributed by atoms with E-state index in [0.29, 0.717) is 24.0 Å². The highest BCUT2D eigenvalue weighted by molar-refractivity contribution is 5.46. The average Bonchev–Trinajstić information content (AvgIpc) is 2.56. The molecule has 0 aromatic heterocycles. The van der Waals surface area contributed by atoms with Gasteiger partial charge in [0.25, 0.3) is 0 Å². The standard InChI is InChI=1S/C21H33NO/c1-21(2)13-11-18(12-14-21)17-5-9-20(10-6-17)22-19-7-3-16(15-23)4-8-19/h5-6,9-10,16,18-19,22-23H,3-4,7-8,11-15H2,1-2H3. The van der Waals surface area contributed by atoms with Gasteiger partial charge in [-0.05, 0) is 86.3 Å². The molecule has 0 spiro atoms. The predicted octanol–water partition coefficient (Wildman–Crippen LogP) is 5.33. The Balaban J connectivity index is 1.52. The Morgan fingerprint density at radius 3 is 2.13 bits per heavy atom. The number of benzene rings is 1. The number of anilines is 1. The van der Waals surface area contributed by atoms with Crippen molar-refractivity contribution in [3.05, 3.63) is 29.8 Å². The van der Waals surface area contributed by atoms with Gasteiger partial charge in [-0.2, -0.15) is 0 Å². The highest BCUT2D eigenvalue weighted by Crippen LogP contribution is 2.42. The van der Waals surface area contributed by atoms with Gasteiger partial charge in [0, 0.05) is 18.3 Å². The third-order valence-electron chi connectivity index (χ3n) is 6.20. The number of aliphatic hydroxyl groups excluding tert-OH is 1. The molecular formula is C21H33NO. The minimum Gasteiger partial charge on any atom is -0.396 e. The zero-order valence-corrected chi connectivity index (χ0v) is 14.9. The molecule has 0 aliphatic heterocycles. The van der Waals surface area contributed by atoms with Crippen molar-refractivity contribution >= 4 is 5.69 Å². The van der Waals surface area contributed by atoms with Crippen LogP contribution >= 0.6 is 0 Å². The third kappa shape index (κ3) is 4.50. The lowest BCUT2D eigenvalue weighted by molar-refractivity contribution is 0.186. The van der Waals surface area contributed by atoms with Gasteiger partial charge in [0.05, 0.1) is 0 Å². The molecule has 0 radical (unpaired) electrons. The lowest BCUT2D eigenvalue weighted by atomic mass is 9.71. The van der Waals surface area contributed by atoms with Crippen LogP contribution in [-0.2, 0) is 0 Å². The molecule has 0 amide bonds. The summed E-state index contributed by atoms with van der Waals surface area (Å²) in [5.41, 5.74) is 3.33. The van der Waals surface area contributed by atoms with Crippen LogP contribution in [0.5, 0.6) is 0 Å². The lowest BCUT2D eigenvalue weighted by Crippen LogP contribution is -2.27. The second kappa shape index (κ2) is 7.25. The van der Waals surface area contributed by atoms with Crippen molar-refractivity contribution in [3.63, 3.8) is 0 Å². The van der Waals surface area contributed by atoms with E-state index < -0.39 is 0 Å². The van der Waals surface area contributed by atoms with Crippen LogP contribution in [0, 0.1) is 11.3 Å². The van der Waals surface area contributed by atoms with Gasteiger partial charge in [-0.15, -0.1) is 0 Å². The first-order chi connectivity index (χ1) is 11.1. The van der Waals surface area contributed by atoms with Crippen LogP contribution in [0.2, 0.25) is 0 Å². The fourth-order valence-corrected chi connectivity index (χ4v) is 4.31. The Morgan fingerprint density at radius 1 is 0.957 bits per heavy atom. The van der Waals surface area contributed by atoms with Gasteiger partial charge < -0.3 is 10.4 Å². The molecule has 0 bridgehead atoms. The van der Waals surface area contributed by atoms with Gasteiger partial charge in [-0.25, -0.2) is 0 Å². The van der Waals surface area contributed by atoms with Crippen molar-refractivity contribution in [2.75, 3.05) is 11.9 Å². The van der Waals surface area contributed by atoms with Crippen LogP contribution in [-0.4, -0.2) is 17.8 Å². The number of hydrogen-bond acceptors (Lipinski definition) is 2. The van der Waals surface area contributed by atoms with Crippen LogP contribution in [0.3, 0.4) is 0 Å². The molecule has 0 unspecified atom stereocenters. The maximum atomic E-state index is 9.23. The predicted molar refractivity (Wildman–Crippen MR) is 97.9 cm³/mol. The van der Waals surface area contributed by atoms with E-state index in [0.717, 1.165) is 18.8 Å². The quantitative estimate of drug-likeness (QED) is 0.786. The van der Waals surface area contributed by atoms with E-state index in [-0.39, 0.29) is 0 Å². The first-order valence-electron chi connectivity index (χ1n) is 9.53. The Bertz CT molecular complexity index is 475. The van der Waals surface area contributed by atoms with Crippen LogP contribution in [0.4, 0.5) is 5.69 Å². The molecule has 2 N–H and O–H groups in total. The fraction of sp³-hybridized carbons (Fsp3) is 0.714. The normalized spacial score (nSPS) is 28.5. The molecule has 0 heterocycles. The summed E-state index contributed by atoms with van der Waals surface area (Å²) >= 11 is 0. The van der Waals surface area contributed by atoms with Crippen molar-refractivity contribution in [1.29, 1.82) is 0 Å². The van der Waals surface area contributed by atoms with Crippen LogP contribution in [0.15, 0.2) is 24.3 Å². The second-order valence-corrected chi connectivity index (χ2v) is 8.61. The van der Waals surface area contributed by atoms with Gasteiger partial charge in [0.15, 0.2) is 0 Å². The van der Waals surface area contributed by atoms with E-state index in [1.807, 2.05) is 0 Å². The summed E-state index contributed by atoms with van der Waals surface area (Å²) in [5.74, 6) is 1.29. The molecule has 2 aliphatic rings. The molecule has 23 heavy (non-hydrogen) atoms. The highest BCUT2D eigenvalue weighted by Gasteiger charge is 2.27. The molecule has 2 nitrogen and oxygen atoms in total. The van der Waals surface area contributed by atoms with Crippen molar-refractivity contribution < 1.29 is 5.11 Å². The monoisotopic (exact) mass is 315 g/mol. The molecule has 2 fully saturated rings. The van der Waals surface area contributed by atoms with E-state index in [1.165, 1.54) is 49.8 Å². The van der Waals surface area contributed by atoms with Crippen molar-refractivity contribution in [3.8, 4) is 0 Å². The summed E-state index contributed by atoms with van der Waals surface area (Å²) in [6.07, 6.45) is 10.1. The van der Waals surface area contributed by atoms with Crippen LogP contribution in [0.25, 0.3) is 0 Å². The number of rotatable bonds is 4. The Labute approximate surface area is 141 Å². The van der Waals surface area contributed by atoms with E-state index in [1.54, 1.807) is 0 Å². The van der Waals surface area contributed by atoms with Crippen LogP contribution < -0.4 is 5.32 Å². The van der Waals surface area contributed by atoms with Crippen molar-refractivity contribution in [2.24, 2.45) is 11.3 Å². The van der Waals surface area contributed by atoms with Crippen molar-refractivity contribution in [1.82, 2.24) is 0 Å². The second-order valence-electron chi connectivity index (χ2n) is 8.61. The van der Waals surface area contributed by atoms with E-state index >= 15 is 0 Å². The Morgan fingerprint density at radius 2 is 1.57 bits per heavy atom. The topological polar surface area (TPSA) is 32.3 Å². The average molecular weight is 316 g/mol. The van der Waals surface area contributed by atoms with Gasteiger partial charge in [0.2, 0.25) is 0 Å². The molecule has 3 rings (SSSR count). The number of hydrogen-bond donors (Lipinski definition) is 2. The van der Waals surface area contributed by atoms with Crippen molar-refractivity contribution in [2.45, 2.75) is 77.2 Å². The molecule has 128 valence electrons. The zero-order chi connectivity index (χ0) is 16.3. The zero-order valence-electron chi connectivity index (χ0n) is 14.9. The largest absolute Gasteiger partial charge is 0.396 e. The molecule has 0 saturated heterocycles. The SMILES string of the molecule is CC1(C)CCC(c2ccc(NC3CCC(CO)CC3)cc2)CC1. The van der Waals surface area contributed by atoms with Gasteiger partial charge >= 0.3 is 0 Å². The maximum absolute atomic E-state index is 9.23. The van der Waals surface area contributed by atoms with Gasteiger partial charge in [-0.1, -0.05) is 26.0 Å². The maximum Gasteiger partial charge on any atom is 0.0459 e. The molecule has 2 heteroatoms. The first kappa shape index (κ1) is 16.8. The van der Waals surface area contributed by atoms with Crippen LogP contribution in [0.1, 0.15) is 76.7 Å². The third-order valence-corrected chi connectivity index (χ3v) is 6.20. The lowest BCUT2D eigenvalue weighted by Gasteiger charge is -2.34. The molecular weight excluding hydrogens is 282 g/mol. The fourth-order valence-electron chi connectivity index (χ4n) is 4.31. The molecule has 1 aromatic carbocycles. The molecule has 2 aliphatic carbocycles. The summed E-state index contributed by atoms with van der Waals surface area (Å²) in [7, 11) is 0. The Hall–Kier alpha value is -1.02. The summed E-state index contributed by atoms with van der Waals surface area (Å²) in [6.45, 7) is 5.17. The minimum atomic E-state index is 0.361. The van der Waals surface area contributed by atoms with E-state index in [2.05, 4.69) is 43.4 Å². The van der Waals surface area contributed by atoms with E-state index in [9.17, 15) is 5.11 Å². The summed E-state index contributed by atoms with van der Waals surface area (Å²) in [4.78, 5) is 0. The highest BCUT2D eigenvalue weighted by atomic mass is 16.3. The van der Waals surface area contributed by atoms with Gasteiger partial charge in [-0.3, -0.25) is 0 Å². The molecule has 0 atom stereocenters. The summed E-state index contributed by atoms with van der Waals surface area (Å²) < 4.78 is 0. The Kier molecular flexibility index (Phi) is 5.31. The molecule has 1 aromatic rings. The first-order valence-corrected chi connectivity index (χ1v) is 9.53. The smallest absolute Gasteiger partial charge is 0.0459 e. The van der Waals surface area contributed by atoms with Gasteiger partial charge in [0.1, 0.15) is 0 Å². The summed E-state index contributed by atoms with van der Waals surface area (Å²) in [5, 5.41) is 12.9. The minimum absolute atomic E-state index is 0.361.